The van der Waals surface area contributed by atoms with Crippen molar-refractivity contribution < 1.29 is 31.8 Å². The minimum absolute atomic E-state index is 0.128. The monoisotopic (exact) mass is 520 g/mol. The number of nitrogens with zero attached hydrogens (tertiary/aromatic N) is 2. The molecule has 200 valence electrons. The number of piperidine rings is 1. The molecule has 0 bridgehead atoms. The molecule has 9 heteroatoms. The predicted octanol–water partition coefficient (Wildman–Crippen LogP) is 6.19. The van der Waals surface area contributed by atoms with E-state index in [1.165, 1.54) is 12.1 Å². The number of carbonyl (C=O) groups is 1. The minimum atomic E-state index is -4.76. The Morgan fingerprint density at radius 1 is 0.946 bits per heavy atom. The Kier molecular flexibility index (Phi) is 7.34. The molecule has 2 heterocycles. The smallest absolute Gasteiger partial charge is 0.490 e. The topological polar surface area (TPSA) is 42.0 Å². The number of benzene rings is 2. The van der Waals surface area contributed by atoms with Gasteiger partial charge >= 0.3 is 6.36 Å². The summed E-state index contributed by atoms with van der Waals surface area (Å²) in [5.74, 6) is -0.210. The van der Waals surface area contributed by atoms with Crippen LogP contribution in [0.5, 0.6) is 11.5 Å². The second-order valence-corrected chi connectivity index (χ2v) is 10.4. The van der Waals surface area contributed by atoms with Gasteiger partial charge in [-0.2, -0.15) is 0 Å². The van der Waals surface area contributed by atoms with Gasteiger partial charge in [0, 0.05) is 38.8 Å². The van der Waals surface area contributed by atoms with Crippen LogP contribution in [0.25, 0.3) is 0 Å². The number of likely N-dealkylation sites (tertiary alicyclic amines) is 2. The number of alkyl halides is 3. The van der Waals surface area contributed by atoms with Crippen molar-refractivity contribution in [1.29, 1.82) is 0 Å². The van der Waals surface area contributed by atoms with Gasteiger partial charge in [-0.3, -0.25) is 9.69 Å². The molecule has 0 atom stereocenters. The zero-order chi connectivity index (χ0) is 26.2. The molecule has 3 fully saturated rings. The number of rotatable bonds is 7. The van der Waals surface area contributed by atoms with Gasteiger partial charge in [-0.1, -0.05) is 0 Å². The molecule has 1 aliphatic carbocycles. The van der Waals surface area contributed by atoms with Crippen LogP contribution in [-0.2, 0) is 6.54 Å². The van der Waals surface area contributed by atoms with E-state index in [1.807, 2.05) is 0 Å². The Morgan fingerprint density at radius 2 is 1.62 bits per heavy atom. The van der Waals surface area contributed by atoms with Crippen LogP contribution in [0.1, 0.15) is 71.5 Å². The first-order chi connectivity index (χ1) is 17.6. The molecule has 2 aromatic carbocycles. The van der Waals surface area contributed by atoms with Gasteiger partial charge in [-0.15, -0.1) is 13.2 Å². The van der Waals surface area contributed by atoms with Crippen LogP contribution in [0, 0.1) is 12.7 Å². The molecule has 0 aromatic heterocycles. The van der Waals surface area contributed by atoms with E-state index in [-0.39, 0.29) is 23.3 Å². The van der Waals surface area contributed by atoms with Gasteiger partial charge in [-0.25, -0.2) is 4.39 Å². The van der Waals surface area contributed by atoms with Crippen molar-refractivity contribution in [2.45, 2.75) is 70.4 Å². The Balaban J connectivity index is 1.21. The lowest BCUT2D eigenvalue weighted by molar-refractivity contribution is -0.274. The normalized spacial score (nSPS) is 19.3. The zero-order valence-electron chi connectivity index (χ0n) is 21.0. The van der Waals surface area contributed by atoms with E-state index < -0.39 is 12.2 Å². The van der Waals surface area contributed by atoms with Gasteiger partial charge in [0.25, 0.3) is 5.91 Å². The predicted molar refractivity (Wildman–Crippen MR) is 130 cm³/mol. The Morgan fingerprint density at radius 3 is 2.27 bits per heavy atom. The van der Waals surface area contributed by atoms with Crippen molar-refractivity contribution in [1.82, 2.24) is 9.80 Å². The minimum Gasteiger partial charge on any atom is -0.490 e. The van der Waals surface area contributed by atoms with Gasteiger partial charge in [-0.05, 0) is 92.3 Å². The summed E-state index contributed by atoms with van der Waals surface area (Å²) in [6, 6.07) is 7.63. The first-order valence-corrected chi connectivity index (χ1v) is 13.0. The summed E-state index contributed by atoms with van der Waals surface area (Å²) in [6.07, 6.45) is 0.573. The van der Waals surface area contributed by atoms with Crippen molar-refractivity contribution >= 4 is 5.91 Å². The molecule has 3 aliphatic rings. The number of ether oxygens (including phenoxy) is 2. The molecule has 2 saturated heterocycles. The summed E-state index contributed by atoms with van der Waals surface area (Å²) in [7, 11) is 0. The van der Waals surface area contributed by atoms with Gasteiger partial charge < -0.3 is 14.4 Å². The average Bonchev–Trinajstić information content (AvgIpc) is 3.51. The Bertz CT molecular complexity index is 1130. The summed E-state index contributed by atoms with van der Waals surface area (Å²) >= 11 is 0. The Hall–Kier alpha value is -2.81. The number of hydrogen-bond acceptors (Lipinski definition) is 4. The quantitative estimate of drug-likeness (QED) is 0.409. The SMILES string of the molecule is Cc1cc(OC2CCN(Cc3cc(F)c(C(=O)N4CCCC4)cc3C3CC3)CC2)cc(OC(F)(F)F)c1. The fraction of sp³-hybridized carbons (Fsp3) is 0.536. The third-order valence-corrected chi connectivity index (χ3v) is 7.36. The maximum absolute atomic E-state index is 15.1. The van der Waals surface area contributed by atoms with Crippen LogP contribution in [-0.4, -0.2) is 54.4 Å². The highest BCUT2D eigenvalue weighted by molar-refractivity contribution is 5.95. The second-order valence-electron chi connectivity index (χ2n) is 10.4. The molecule has 0 spiro atoms. The largest absolute Gasteiger partial charge is 0.573 e. The lowest BCUT2D eigenvalue weighted by atomic mass is 9.97. The number of hydrogen-bond donors (Lipinski definition) is 0. The highest BCUT2D eigenvalue weighted by Gasteiger charge is 2.33. The third-order valence-electron chi connectivity index (χ3n) is 7.36. The molecule has 5 nitrogen and oxygen atoms in total. The maximum Gasteiger partial charge on any atom is 0.573 e. The summed E-state index contributed by atoms with van der Waals surface area (Å²) < 4.78 is 63.0. The summed E-state index contributed by atoms with van der Waals surface area (Å²) in [5.41, 5.74) is 2.83. The van der Waals surface area contributed by atoms with Crippen molar-refractivity contribution in [3.63, 3.8) is 0 Å². The van der Waals surface area contributed by atoms with E-state index in [9.17, 15) is 18.0 Å². The van der Waals surface area contributed by atoms with Crippen LogP contribution in [0.15, 0.2) is 30.3 Å². The van der Waals surface area contributed by atoms with Crippen LogP contribution in [0.3, 0.4) is 0 Å². The fourth-order valence-corrected chi connectivity index (χ4v) is 5.39. The van der Waals surface area contributed by atoms with Crippen molar-refractivity contribution in [2.24, 2.45) is 0 Å². The highest BCUT2D eigenvalue weighted by atomic mass is 19.4. The highest BCUT2D eigenvalue weighted by Crippen LogP contribution is 2.43. The molecule has 0 unspecified atom stereocenters. The van der Waals surface area contributed by atoms with E-state index in [0.717, 1.165) is 49.9 Å². The zero-order valence-corrected chi connectivity index (χ0v) is 21.0. The maximum atomic E-state index is 15.1. The van der Waals surface area contributed by atoms with Crippen molar-refractivity contribution in [3.05, 3.63) is 58.4 Å². The summed E-state index contributed by atoms with van der Waals surface area (Å²) in [4.78, 5) is 16.8. The molecule has 0 radical (unpaired) electrons. The average molecular weight is 521 g/mol. The van der Waals surface area contributed by atoms with Gasteiger partial charge in [0.05, 0.1) is 5.56 Å². The first kappa shape index (κ1) is 25.8. The number of amides is 1. The van der Waals surface area contributed by atoms with Gasteiger partial charge in [0.1, 0.15) is 23.4 Å². The third kappa shape index (κ3) is 6.55. The summed E-state index contributed by atoms with van der Waals surface area (Å²) in [6.45, 7) is 5.12. The molecule has 1 saturated carbocycles. The van der Waals surface area contributed by atoms with Gasteiger partial charge in [0.15, 0.2) is 0 Å². The molecular formula is C28H32F4N2O3. The van der Waals surface area contributed by atoms with Crippen LogP contribution in [0.2, 0.25) is 0 Å². The fourth-order valence-electron chi connectivity index (χ4n) is 5.39. The summed E-state index contributed by atoms with van der Waals surface area (Å²) in [5, 5.41) is 0. The lowest BCUT2D eigenvalue weighted by Crippen LogP contribution is -2.38. The van der Waals surface area contributed by atoms with E-state index >= 15 is 4.39 Å². The van der Waals surface area contributed by atoms with E-state index in [4.69, 9.17) is 4.74 Å². The molecule has 37 heavy (non-hydrogen) atoms. The van der Waals surface area contributed by atoms with E-state index in [0.29, 0.717) is 49.7 Å². The van der Waals surface area contributed by atoms with Gasteiger partial charge in [0.2, 0.25) is 0 Å². The van der Waals surface area contributed by atoms with Crippen LogP contribution < -0.4 is 9.47 Å². The number of carbonyl (C=O) groups excluding carboxylic acids is 1. The first-order valence-electron chi connectivity index (χ1n) is 13.0. The molecule has 5 rings (SSSR count). The molecular weight excluding hydrogens is 488 g/mol. The van der Waals surface area contributed by atoms with E-state index in [2.05, 4.69) is 9.64 Å². The molecule has 1 amide bonds. The number of aryl methyl sites for hydroxylation is 1. The van der Waals surface area contributed by atoms with Crippen molar-refractivity contribution in [2.75, 3.05) is 26.2 Å². The lowest BCUT2D eigenvalue weighted by Gasteiger charge is -2.33. The molecule has 0 N–H and O–H groups in total. The van der Waals surface area contributed by atoms with Crippen LogP contribution >= 0.6 is 0 Å². The van der Waals surface area contributed by atoms with E-state index in [1.54, 1.807) is 30.0 Å². The van der Waals surface area contributed by atoms with Crippen molar-refractivity contribution in [3.8, 4) is 11.5 Å². The van der Waals surface area contributed by atoms with Crippen LogP contribution in [0.4, 0.5) is 17.6 Å². The molecule has 2 aliphatic heterocycles. The standard InChI is InChI=1S/C28H32F4N2O3/c1-18-12-22(15-23(13-18)37-28(30,31)32)36-21-6-10-33(11-7-21)17-20-14-26(29)25(16-24(20)19-4-5-19)27(35)34-8-2-3-9-34/h12-16,19,21H,2-11,17H2,1H3. The number of halogens is 4. The molecule has 2 aromatic rings. The Labute approximate surface area is 214 Å². The second kappa shape index (κ2) is 10.5.